The SMILES string of the molecule is CCOC(OCC)C(C)(C)C(=O)Nc1cccc(CON=C(c2ccccc2)c2nnnn2C)n1. The highest BCUT2D eigenvalue weighted by Crippen LogP contribution is 2.26. The fourth-order valence-electron chi connectivity index (χ4n) is 3.19. The van der Waals surface area contributed by atoms with Crippen molar-refractivity contribution in [2.75, 3.05) is 18.5 Å². The van der Waals surface area contributed by atoms with E-state index in [1.165, 1.54) is 4.68 Å². The number of hydrogen-bond donors (Lipinski definition) is 1. The first-order valence-corrected chi connectivity index (χ1v) is 11.4. The molecule has 2 heterocycles. The Kier molecular flexibility index (Phi) is 8.98. The predicted octanol–water partition coefficient (Wildman–Crippen LogP) is 2.94. The van der Waals surface area contributed by atoms with Gasteiger partial charge in [0, 0.05) is 25.8 Å². The number of nitrogens with zero attached hydrogens (tertiary/aromatic N) is 6. The highest BCUT2D eigenvalue weighted by molar-refractivity contribution is 6.10. The molecule has 0 fully saturated rings. The van der Waals surface area contributed by atoms with Crippen molar-refractivity contribution in [2.45, 2.75) is 40.6 Å². The van der Waals surface area contributed by atoms with Crippen LogP contribution in [0.15, 0.2) is 53.7 Å². The van der Waals surface area contributed by atoms with Crippen molar-refractivity contribution in [3.63, 3.8) is 0 Å². The third-order valence-corrected chi connectivity index (χ3v) is 5.11. The molecule has 2 aromatic heterocycles. The standard InChI is InChI=1S/C24H31N7O4/c1-6-33-23(34-7-2)24(3,4)22(32)26-19-15-11-14-18(25-19)16-35-28-20(17-12-9-8-10-13-17)21-27-29-30-31(21)5/h8-15,23H,6-7,16H2,1-5H3,(H,25,26,32). The van der Waals surface area contributed by atoms with Gasteiger partial charge in [-0.05, 0) is 50.3 Å². The second kappa shape index (κ2) is 12.1. The van der Waals surface area contributed by atoms with Crippen molar-refractivity contribution in [1.82, 2.24) is 25.2 Å². The van der Waals surface area contributed by atoms with E-state index in [1.807, 2.05) is 44.2 Å². The maximum absolute atomic E-state index is 13.0. The number of oxime groups is 1. The van der Waals surface area contributed by atoms with Gasteiger partial charge >= 0.3 is 0 Å². The molecule has 11 nitrogen and oxygen atoms in total. The molecule has 0 saturated carbocycles. The average Bonchev–Trinajstić information content (AvgIpc) is 3.28. The van der Waals surface area contributed by atoms with E-state index >= 15 is 0 Å². The van der Waals surface area contributed by atoms with Crippen LogP contribution in [-0.2, 0) is 32.8 Å². The number of aryl methyl sites for hydroxylation is 1. The maximum atomic E-state index is 13.0. The number of amides is 1. The van der Waals surface area contributed by atoms with Crippen molar-refractivity contribution in [2.24, 2.45) is 17.6 Å². The van der Waals surface area contributed by atoms with Crippen LogP contribution in [0.2, 0.25) is 0 Å². The number of nitrogens with one attached hydrogen (secondary N) is 1. The Morgan fingerprint density at radius 1 is 1.09 bits per heavy atom. The Hall–Kier alpha value is -3.70. The molecule has 186 valence electrons. The number of aromatic nitrogens is 5. The summed E-state index contributed by atoms with van der Waals surface area (Å²) < 4.78 is 12.8. The summed E-state index contributed by atoms with van der Waals surface area (Å²) in [6, 6.07) is 14.8. The topological polar surface area (TPSA) is 126 Å². The van der Waals surface area contributed by atoms with Gasteiger partial charge in [-0.15, -0.1) is 5.10 Å². The first-order valence-electron chi connectivity index (χ1n) is 11.4. The first kappa shape index (κ1) is 25.9. The van der Waals surface area contributed by atoms with Gasteiger partial charge in [-0.1, -0.05) is 41.6 Å². The van der Waals surface area contributed by atoms with Crippen LogP contribution in [-0.4, -0.2) is 56.3 Å². The summed E-state index contributed by atoms with van der Waals surface area (Å²) in [4.78, 5) is 23.1. The second-order valence-electron chi connectivity index (χ2n) is 8.14. The molecule has 35 heavy (non-hydrogen) atoms. The quantitative estimate of drug-likeness (QED) is 0.238. The number of hydrogen-bond acceptors (Lipinski definition) is 9. The van der Waals surface area contributed by atoms with Crippen molar-refractivity contribution in [3.8, 4) is 0 Å². The van der Waals surface area contributed by atoms with Gasteiger partial charge in [-0.2, -0.15) is 0 Å². The minimum Gasteiger partial charge on any atom is -0.389 e. The van der Waals surface area contributed by atoms with Crippen molar-refractivity contribution >= 4 is 17.4 Å². The number of pyridine rings is 1. The van der Waals surface area contributed by atoms with Crippen molar-refractivity contribution in [1.29, 1.82) is 0 Å². The van der Waals surface area contributed by atoms with Crippen LogP contribution in [0.5, 0.6) is 0 Å². The van der Waals surface area contributed by atoms with Gasteiger partial charge in [0.2, 0.25) is 11.7 Å². The third-order valence-electron chi connectivity index (χ3n) is 5.11. The minimum absolute atomic E-state index is 0.0786. The summed E-state index contributed by atoms with van der Waals surface area (Å²) in [5.74, 6) is 0.584. The smallest absolute Gasteiger partial charge is 0.236 e. The second-order valence-corrected chi connectivity index (χ2v) is 8.14. The highest BCUT2D eigenvalue weighted by atomic mass is 16.7. The molecule has 0 saturated heterocycles. The number of carbonyl (C=O) groups is 1. The molecule has 0 spiro atoms. The summed E-state index contributed by atoms with van der Waals surface area (Å²) in [6.07, 6.45) is -0.676. The largest absolute Gasteiger partial charge is 0.389 e. The van der Waals surface area contributed by atoms with Crippen LogP contribution in [0.25, 0.3) is 0 Å². The predicted molar refractivity (Wildman–Crippen MR) is 129 cm³/mol. The Balaban J connectivity index is 1.71. The molecule has 0 radical (unpaired) electrons. The molecule has 0 aliphatic rings. The zero-order chi connectivity index (χ0) is 25.3. The van der Waals surface area contributed by atoms with Gasteiger partial charge in [0.15, 0.2) is 18.6 Å². The number of anilines is 1. The fraction of sp³-hybridized carbons (Fsp3) is 0.417. The summed E-state index contributed by atoms with van der Waals surface area (Å²) in [5.41, 5.74) is 0.945. The van der Waals surface area contributed by atoms with Crippen molar-refractivity contribution in [3.05, 3.63) is 65.6 Å². The molecule has 1 amide bonds. The lowest BCUT2D eigenvalue weighted by molar-refractivity contribution is -0.195. The highest BCUT2D eigenvalue weighted by Gasteiger charge is 2.38. The van der Waals surface area contributed by atoms with E-state index in [9.17, 15) is 4.79 Å². The third kappa shape index (κ3) is 6.67. The van der Waals surface area contributed by atoms with Crippen LogP contribution in [0, 0.1) is 5.41 Å². The van der Waals surface area contributed by atoms with Gasteiger partial charge in [-0.3, -0.25) is 4.79 Å². The van der Waals surface area contributed by atoms with Crippen molar-refractivity contribution < 1.29 is 19.1 Å². The Morgan fingerprint density at radius 3 is 2.43 bits per heavy atom. The van der Waals surface area contributed by atoms with E-state index in [2.05, 4.69) is 31.0 Å². The average molecular weight is 482 g/mol. The molecular formula is C24H31N7O4. The van der Waals surface area contributed by atoms with Crippen LogP contribution < -0.4 is 5.32 Å². The number of tetrazole rings is 1. The molecule has 1 aromatic carbocycles. The lowest BCUT2D eigenvalue weighted by atomic mass is 9.91. The van der Waals surface area contributed by atoms with Crippen LogP contribution >= 0.6 is 0 Å². The molecule has 0 atom stereocenters. The lowest BCUT2D eigenvalue weighted by Gasteiger charge is -2.32. The zero-order valence-electron chi connectivity index (χ0n) is 20.6. The Labute approximate surface area is 204 Å². The molecule has 3 aromatic rings. The normalized spacial score (nSPS) is 12.1. The summed E-state index contributed by atoms with van der Waals surface area (Å²) in [7, 11) is 1.73. The molecule has 0 aliphatic heterocycles. The Morgan fingerprint density at radius 2 is 1.80 bits per heavy atom. The monoisotopic (exact) mass is 481 g/mol. The van der Waals surface area contributed by atoms with Crippen LogP contribution in [0.3, 0.4) is 0 Å². The first-order chi connectivity index (χ1) is 16.9. The number of ether oxygens (including phenoxy) is 2. The van der Waals surface area contributed by atoms with E-state index in [1.54, 1.807) is 39.1 Å². The number of benzene rings is 1. The van der Waals surface area contributed by atoms with E-state index < -0.39 is 11.7 Å². The molecular weight excluding hydrogens is 450 g/mol. The van der Waals surface area contributed by atoms with E-state index in [-0.39, 0.29) is 12.5 Å². The van der Waals surface area contributed by atoms with E-state index in [0.29, 0.717) is 36.3 Å². The minimum atomic E-state index is -0.931. The molecule has 11 heteroatoms. The maximum Gasteiger partial charge on any atom is 0.236 e. The molecule has 0 unspecified atom stereocenters. The van der Waals surface area contributed by atoms with Gasteiger partial charge in [-0.25, -0.2) is 9.67 Å². The molecule has 3 rings (SSSR count). The molecule has 0 aliphatic carbocycles. The lowest BCUT2D eigenvalue weighted by Crippen LogP contribution is -2.44. The van der Waals surface area contributed by atoms with Gasteiger partial charge in [0.25, 0.3) is 0 Å². The number of carbonyl (C=O) groups excluding carboxylic acids is 1. The summed E-state index contributed by atoms with van der Waals surface area (Å²) >= 11 is 0. The van der Waals surface area contributed by atoms with Crippen LogP contribution in [0.1, 0.15) is 44.8 Å². The van der Waals surface area contributed by atoms with Gasteiger partial charge < -0.3 is 19.6 Å². The van der Waals surface area contributed by atoms with Gasteiger partial charge in [0.1, 0.15) is 5.82 Å². The van der Waals surface area contributed by atoms with Gasteiger partial charge in [0.05, 0.1) is 11.1 Å². The van der Waals surface area contributed by atoms with E-state index in [4.69, 9.17) is 14.3 Å². The summed E-state index contributed by atoms with van der Waals surface area (Å²) in [6.45, 7) is 8.20. The molecule has 1 N–H and O–H groups in total. The number of rotatable bonds is 12. The zero-order valence-corrected chi connectivity index (χ0v) is 20.6. The van der Waals surface area contributed by atoms with E-state index in [0.717, 1.165) is 5.56 Å². The Bertz CT molecular complexity index is 1130. The fourth-order valence-corrected chi connectivity index (χ4v) is 3.19. The summed E-state index contributed by atoms with van der Waals surface area (Å²) in [5, 5.41) is 18.7. The molecule has 0 bridgehead atoms. The van der Waals surface area contributed by atoms with Crippen LogP contribution in [0.4, 0.5) is 5.82 Å².